The van der Waals surface area contributed by atoms with E-state index in [9.17, 15) is 9.90 Å². The van der Waals surface area contributed by atoms with E-state index in [2.05, 4.69) is 33.9 Å². The first-order valence-corrected chi connectivity index (χ1v) is 8.41. The maximum Gasteiger partial charge on any atom is 0.228 e. The number of fused-ring (bicyclic) bond motifs is 1. The minimum atomic E-state index is -0.335. The van der Waals surface area contributed by atoms with Gasteiger partial charge in [-0.15, -0.1) is 0 Å². The predicted molar refractivity (Wildman–Crippen MR) is 90.3 cm³/mol. The summed E-state index contributed by atoms with van der Waals surface area (Å²) in [4.78, 5) is 16.4. The van der Waals surface area contributed by atoms with Crippen molar-refractivity contribution in [2.75, 3.05) is 5.32 Å². The van der Waals surface area contributed by atoms with Gasteiger partial charge in [0, 0.05) is 29.9 Å². The van der Waals surface area contributed by atoms with Gasteiger partial charge < -0.3 is 10.4 Å². The summed E-state index contributed by atoms with van der Waals surface area (Å²) >= 11 is 0. The molecule has 126 valence electrons. The lowest BCUT2D eigenvalue weighted by molar-refractivity contribution is -0.126. The van der Waals surface area contributed by atoms with Crippen molar-refractivity contribution >= 4 is 11.7 Å². The molecule has 24 heavy (non-hydrogen) atoms. The molecule has 1 saturated carbocycles. The summed E-state index contributed by atoms with van der Waals surface area (Å²) in [7, 11) is 0. The van der Waals surface area contributed by atoms with Gasteiger partial charge in [0.05, 0.1) is 12.3 Å². The van der Waals surface area contributed by atoms with Gasteiger partial charge in [0.1, 0.15) is 5.82 Å². The zero-order chi connectivity index (χ0) is 16.9. The van der Waals surface area contributed by atoms with Crippen molar-refractivity contribution in [1.29, 1.82) is 0 Å². The van der Waals surface area contributed by atoms with Gasteiger partial charge in [0.25, 0.3) is 0 Å². The Morgan fingerprint density at radius 2 is 2.21 bits per heavy atom. The number of aromatic nitrogens is 3. The van der Waals surface area contributed by atoms with Gasteiger partial charge in [0.2, 0.25) is 5.91 Å². The SMILES string of the molecule is CC1(C)Cc2c(-c3ccnc(NC(=O)[C@H]4C[C@@H](O)C4)c3)cnn2C1. The number of carbonyl (C=O) groups excluding carboxylic acids is 1. The molecule has 0 atom stereocenters. The fourth-order valence-corrected chi connectivity index (χ4v) is 3.59. The van der Waals surface area contributed by atoms with E-state index < -0.39 is 0 Å². The van der Waals surface area contributed by atoms with Crippen molar-refractivity contribution in [3.8, 4) is 11.1 Å². The number of hydrogen-bond acceptors (Lipinski definition) is 4. The summed E-state index contributed by atoms with van der Waals surface area (Å²) in [5.41, 5.74) is 3.60. The van der Waals surface area contributed by atoms with E-state index in [0.29, 0.717) is 18.7 Å². The Labute approximate surface area is 140 Å². The van der Waals surface area contributed by atoms with Crippen LogP contribution in [0, 0.1) is 11.3 Å². The molecule has 2 aromatic rings. The van der Waals surface area contributed by atoms with Crippen molar-refractivity contribution < 1.29 is 9.90 Å². The zero-order valence-corrected chi connectivity index (χ0v) is 14.0. The molecule has 3 heterocycles. The second-order valence-electron chi connectivity index (χ2n) is 7.74. The highest BCUT2D eigenvalue weighted by molar-refractivity contribution is 5.92. The van der Waals surface area contributed by atoms with Gasteiger partial charge in [-0.1, -0.05) is 13.8 Å². The summed E-state index contributed by atoms with van der Waals surface area (Å²) in [6.45, 7) is 5.43. The predicted octanol–water partition coefficient (Wildman–Crippen LogP) is 2.24. The smallest absolute Gasteiger partial charge is 0.228 e. The number of pyridine rings is 1. The Balaban J connectivity index is 1.55. The summed E-state index contributed by atoms with van der Waals surface area (Å²) in [6.07, 6.45) is 5.35. The van der Waals surface area contributed by atoms with Crippen LogP contribution in [0.2, 0.25) is 0 Å². The molecule has 2 N–H and O–H groups in total. The van der Waals surface area contributed by atoms with Crippen LogP contribution in [0.4, 0.5) is 5.82 Å². The van der Waals surface area contributed by atoms with Crippen LogP contribution in [0.1, 0.15) is 32.4 Å². The normalized spacial score (nSPS) is 24.3. The first kappa shape index (κ1) is 15.3. The van der Waals surface area contributed by atoms with Crippen LogP contribution in [-0.4, -0.2) is 31.9 Å². The standard InChI is InChI=1S/C18H22N4O2/c1-18(2)8-15-14(9-20-22(15)10-18)11-3-4-19-16(7-11)21-17(24)12-5-13(23)6-12/h3-4,7,9,12-13,23H,5-6,8,10H2,1-2H3,(H,19,21,24)/t12-,13+. The van der Waals surface area contributed by atoms with E-state index in [0.717, 1.165) is 24.1 Å². The molecule has 1 aliphatic carbocycles. The highest BCUT2D eigenvalue weighted by Crippen LogP contribution is 2.37. The summed E-state index contributed by atoms with van der Waals surface area (Å²) < 4.78 is 2.07. The molecule has 1 aliphatic heterocycles. The minimum Gasteiger partial charge on any atom is -0.393 e. The number of aliphatic hydroxyl groups is 1. The molecule has 0 bridgehead atoms. The summed E-state index contributed by atoms with van der Waals surface area (Å²) in [6, 6.07) is 3.85. The fraction of sp³-hybridized carbons (Fsp3) is 0.500. The van der Waals surface area contributed by atoms with E-state index in [4.69, 9.17) is 0 Å². The second-order valence-corrected chi connectivity index (χ2v) is 7.74. The van der Waals surface area contributed by atoms with Gasteiger partial charge in [-0.25, -0.2) is 4.98 Å². The van der Waals surface area contributed by atoms with Gasteiger partial charge in [-0.05, 0) is 42.4 Å². The quantitative estimate of drug-likeness (QED) is 0.906. The van der Waals surface area contributed by atoms with E-state index in [1.165, 1.54) is 5.69 Å². The largest absolute Gasteiger partial charge is 0.393 e. The minimum absolute atomic E-state index is 0.0636. The third-order valence-electron chi connectivity index (χ3n) is 4.98. The molecule has 1 amide bonds. The highest BCUT2D eigenvalue weighted by Gasteiger charge is 2.34. The number of carbonyl (C=O) groups is 1. The molecule has 0 spiro atoms. The number of anilines is 1. The third kappa shape index (κ3) is 2.71. The van der Waals surface area contributed by atoms with Crippen LogP contribution in [0.25, 0.3) is 11.1 Å². The van der Waals surface area contributed by atoms with Crippen LogP contribution in [0.5, 0.6) is 0 Å². The number of nitrogens with zero attached hydrogens (tertiary/aromatic N) is 3. The molecule has 4 rings (SSSR count). The molecule has 2 aliphatic rings. The molecule has 0 radical (unpaired) electrons. The van der Waals surface area contributed by atoms with Crippen molar-refractivity contribution in [1.82, 2.24) is 14.8 Å². The van der Waals surface area contributed by atoms with Crippen LogP contribution >= 0.6 is 0 Å². The van der Waals surface area contributed by atoms with Gasteiger partial charge in [-0.2, -0.15) is 5.10 Å². The average molecular weight is 326 g/mol. The number of amides is 1. The second kappa shape index (κ2) is 5.41. The summed E-state index contributed by atoms with van der Waals surface area (Å²) in [5, 5.41) is 16.7. The molecule has 0 aromatic carbocycles. The van der Waals surface area contributed by atoms with Crippen LogP contribution in [-0.2, 0) is 17.8 Å². The van der Waals surface area contributed by atoms with Gasteiger partial charge >= 0.3 is 0 Å². The molecule has 0 unspecified atom stereocenters. The lowest BCUT2D eigenvalue weighted by Gasteiger charge is -2.29. The molecule has 0 saturated heterocycles. The molecule has 6 heteroatoms. The lowest BCUT2D eigenvalue weighted by atomic mass is 9.82. The number of aliphatic hydroxyl groups excluding tert-OH is 1. The first-order valence-electron chi connectivity index (χ1n) is 8.41. The maximum absolute atomic E-state index is 12.1. The topological polar surface area (TPSA) is 80.0 Å². The van der Waals surface area contributed by atoms with E-state index >= 15 is 0 Å². The Morgan fingerprint density at radius 3 is 2.96 bits per heavy atom. The van der Waals surface area contributed by atoms with Gasteiger partial charge in [0.15, 0.2) is 0 Å². The Bertz CT molecular complexity index is 790. The van der Waals surface area contributed by atoms with E-state index in [1.54, 1.807) is 6.20 Å². The molecular formula is C18H22N4O2. The maximum atomic E-state index is 12.1. The van der Waals surface area contributed by atoms with Crippen molar-refractivity contribution in [2.45, 2.75) is 45.8 Å². The average Bonchev–Trinajstić information content (AvgIpc) is 2.99. The third-order valence-corrected chi connectivity index (χ3v) is 4.98. The van der Waals surface area contributed by atoms with Crippen molar-refractivity contribution in [3.05, 3.63) is 30.2 Å². The van der Waals surface area contributed by atoms with E-state index in [1.807, 2.05) is 18.3 Å². The van der Waals surface area contributed by atoms with Crippen LogP contribution < -0.4 is 5.32 Å². The Kier molecular flexibility index (Phi) is 3.46. The van der Waals surface area contributed by atoms with Gasteiger partial charge in [-0.3, -0.25) is 9.48 Å². The van der Waals surface area contributed by atoms with Crippen LogP contribution in [0.15, 0.2) is 24.5 Å². The monoisotopic (exact) mass is 326 g/mol. The Morgan fingerprint density at radius 1 is 1.42 bits per heavy atom. The zero-order valence-electron chi connectivity index (χ0n) is 14.0. The molecule has 6 nitrogen and oxygen atoms in total. The highest BCUT2D eigenvalue weighted by atomic mass is 16.3. The first-order chi connectivity index (χ1) is 11.4. The fourth-order valence-electron chi connectivity index (χ4n) is 3.59. The number of rotatable bonds is 3. The number of hydrogen-bond donors (Lipinski definition) is 2. The van der Waals surface area contributed by atoms with Crippen molar-refractivity contribution in [2.24, 2.45) is 11.3 Å². The van der Waals surface area contributed by atoms with E-state index in [-0.39, 0.29) is 23.3 Å². The number of nitrogens with one attached hydrogen (secondary N) is 1. The molecule has 1 fully saturated rings. The lowest BCUT2D eigenvalue weighted by Crippen LogP contribution is -2.37. The molecular weight excluding hydrogens is 304 g/mol. The summed E-state index contributed by atoms with van der Waals surface area (Å²) in [5.74, 6) is 0.383. The van der Waals surface area contributed by atoms with Crippen molar-refractivity contribution in [3.63, 3.8) is 0 Å². The Hall–Kier alpha value is -2.21. The van der Waals surface area contributed by atoms with Crippen LogP contribution in [0.3, 0.4) is 0 Å². The molecule has 2 aromatic heterocycles.